The molecule has 0 N–H and O–H groups in total. The van der Waals surface area contributed by atoms with Gasteiger partial charge in [0.1, 0.15) is 5.15 Å². The summed E-state index contributed by atoms with van der Waals surface area (Å²) < 4.78 is 7.59. The fraction of sp³-hybridized carbons (Fsp3) is 0.150. The van der Waals surface area contributed by atoms with Crippen LogP contribution in [-0.4, -0.2) is 19.7 Å². The first-order chi connectivity index (χ1) is 12.6. The number of halogens is 1. The Morgan fingerprint density at radius 2 is 1.85 bits per heavy atom. The number of pyridine rings is 1. The van der Waals surface area contributed by atoms with Crippen LogP contribution in [0, 0.1) is 13.8 Å². The van der Waals surface area contributed by atoms with Gasteiger partial charge >= 0.3 is 0 Å². The molecule has 3 aromatic heterocycles. The molecule has 4 rings (SSSR count). The van der Waals surface area contributed by atoms with Gasteiger partial charge in [-0.3, -0.25) is 0 Å². The molecule has 0 bridgehead atoms. The standard InChI is InChI=1S/C20H17ClN4O/c1-13-3-6-16(7-4-13)19-23-20(26-24-19)17-9-14(2)25(12-17)11-15-5-8-18(21)22-10-15/h3-10,12H,11H2,1-2H3. The molecule has 26 heavy (non-hydrogen) atoms. The Bertz CT molecular complexity index is 1030. The molecular weight excluding hydrogens is 348 g/mol. The molecule has 0 saturated heterocycles. The second kappa shape index (κ2) is 6.77. The van der Waals surface area contributed by atoms with Crippen molar-refractivity contribution in [3.05, 3.63) is 76.8 Å². The Morgan fingerprint density at radius 3 is 2.58 bits per heavy atom. The van der Waals surface area contributed by atoms with Crippen LogP contribution in [-0.2, 0) is 6.54 Å². The predicted octanol–water partition coefficient (Wildman–Crippen LogP) is 4.92. The molecule has 0 radical (unpaired) electrons. The van der Waals surface area contributed by atoms with Crippen LogP contribution in [0.15, 0.2) is 59.4 Å². The molecule has 0 atom stereocenters. The van der Waals surface area contributed by atoms with E-state index >= 15 is 0 Å². The van der Waals surface area contributed by atoms with Gasteiger partial charge in [0.25, 0.3) is 5.89 Å². The Hall–Kier alpha value is -2.92. The van der Waals surface area contributed by atoms with Crippen molar-refractivity contribution in [2.24, 2.45) is 0 Å². The van der Waals surface area contributed by atoms with Crippen LogP contribution in [0.4, 0.5) is 0 Å². The fourth-order valence-corrected chi connectivity index (χ4v) is 2.87. The van der Waals surface area contributed by atoms with Gasteiger partial charge in [-0.25, -0.2) is 4.98 Å². The first kappa shape index (κ1) is 16.5. The average Bonchev–Trinajstić information content (AvgIpc) is 3.25. The molecule has 0 amide bonds. The summed E-state index contributed by atoms with van der Waals surface area (Å²) in [5, 5.41) is 4.60. The molecule has 0 saturated carbocycles. The van der Waals surface area contributed by atoms with Crippen molar-refractivity contribution in [3.63, 3.8) is 0 Å². The van der Waals surface area contributed by atoms with Crippen molar-refractivity contribution < 1.29 is 4.52 Å². The third-order valence-corrected chi connectivity index (χ3v) is 4.46. The van der Waals surface area contributed by atoms with Crippen LogP contribution in [0.3, 0.4) is 0 Å². The van der Waals surface area contributed by atoms with Gasteiger partial charge in [0, 0.05) is 30.2 Å². The van der Waals surface area contributed by atoms with Crippen LogP contribution in [0.5, 0.6) is 0 Å². The first-order valence-electron chi connectivity index (χ1n) is 8.27. The molecule has 0 aliphatic heterocycles. The largest absolute Gasteiger partial charge is 0.346 e. The van der Waals surface area contributed by atoms with Gasteiger partial charge in [0.05, 0.1) is 5.56 Å². The number of benzene rings is 1. The normalized spacial score (nSPS) is 11.0. The van der Waals surface area contributed by atoms with E-state index in [0.29, 0.717) is 23.4 Å². The molecule has 0 spiro atoms. The van der Waals surface area contributed by atoms with Crippen LogP contribution < -0.4 is 0 Å². The zero-order chi connectivity index (χ0) is 18.1. The lowest BCUT2D eigenvalue weighted by Gasteiger charge is -2.05. The maximum atomic E-state index is 5.85. The number of nitrogens with zero attached hydrogens (tertiary/aromatic N) is 4. The highest BCUT2D eigenvalue weighted by Crippen LogP contribution is 2.24. The summed E-state index contributed by atoms with van der Waals surface area (Å²) in [5.41, 5.74) is 5.21. The fourth-order valence-electron chi connectivity index (χ4n) is 2.76. The number of rotatable bonds is 4. The highest BCUT2D eigenvalue weighted by Gasteiger charge is 2.13. The van der Waals surface area contributed by atoms with Gasteiger partial charge < -0.3 is 9.09 Å². The molecule has 0 fully saturated rings. The minimum absolute atomic E-state index is 0.494. The number of hydrogen-bond donors (Lipinski definition) is 0. The molecule has 5 nitrogen and oxygen atoms in total. The van der Waals surface area contributed by atoms with Crippen molar-refractivity contribution in [1.82, 2.24) is 19.7 Å². The number of hydrogen-bond acceptors (Lipinski definition) is 4. The Labute approximate surface area is 156 Å². The van der Waals surface area contributed by atoms with Crippen LogP contribution in [0.2, 0.25) is 5.15 Å². The monoisotopic (exact) mass is 364 g/mol. The van der Waals surface area contributed by atoms with E-state index in [4.69, 9.17) is 16.1 Å². The van der Waals surface area contributed by atoms with Crippen molar-refractivity contribution >= 4 is 11.6 Å². The van der Waals surface area contributed by atoms with E-state index in [9.17, 15) is 0 Å². The smallest absolute Gasteiger partial charge is 0.259 e. The SMILES string of the molecule is Cc1ccc(-c2noc(-c3cc(C)n(Cc4ccc(Cl)nc4)c3)n2)cc1. The minimum atomic E-state index is 0.494. The molecular formula is C20H17ClN4O. The zero-order valence-corrected chi connectivity index (χ0v) is 15.2. The third-order valence-electron chi connectivity index (χ3n) is 4.24. The minimum Gasteiger partial charge on any atom is -0.346 e. The molecule has 0 aliphatic rings. The second-order valence-electron chi connectivity index (χ2n) is 6.28. The van der Waals surface area contributed by atoms with E-state index in [1.165, 1.54) is 5.56 Å². The Morgan fingerprint density at radius 1 is 1.04 bits per heavy atom. The topological polar surface area (TPSA) is 56.7 Å². The zero-order valence-electron chi connectivity index (χ0n) is 14.5. The quantitative estimate of drug-likeness (QED) is 0.482. The Balaban J connectivity index is 1.59. The second-order valence-corrected chi connectivity index (χ2v) is 6.66. The van der Waals surface area contributed by atoms with Gasteiger partial charge in [-0.1, -0.05) is 52.7 Å². The van der Waals surface area contributed by atoms with Crippen molar-refractivity contribution in [3.8, 4) is 22.8 Å². The highest BCUT2D eigenvalue weighted by atomic mass is 35.5. The molecule has 4 aromatic rings. The average molecular weight is 365 g/mol. The van der Waals surface area contributed by atoms with Crippen molar-refractivity contribution in [2.45, 2.75) is 20.4 Å². The summed E-state index contributed by atoms with van der Waals surface area (Å²) in [6, 6.07) is 13.9. The Kier molecular flexibility index (Phi) is 4.31. The lowest BCUT2D eigenvalue weighted by molar-refractivity contribution is 0.432. The lowest BCUT2D eigenvalue weighted by Crippen LogP contribution is -2.00. The van der Waals surface area contributed by atoms with E-state index in [2.05, 4.69) is 19.7 Å². The summed E-state index contributed by atoms with van der Waals surface area (Å²) in [7, 11) is 0. The highest BCUT2D eigenvalue weighted by molar-refractivity contribution is 6.29. The van der Waals surface area contributed by atoms with E-state index in [1.807, 2.05) is 56.4 Å². The summed E-state index contributed by atoms with van der Waals surface area (Å²) in [4.78, 5) is 8.66. The summed E-state index contributed by atoms with van der Waals surface area (Å²) in [6.07, 6.45) is 3.79. The number of aryl methyl sites for hydroxylation is 2. The van der Waals surface area contributed by atoms with Crippen LogP contribution in [0.25, 0.3) is 22.8 Å². The van der Waals surface area contributed by atoms with Crippen molar-refractivity contribution in [2.75, 3.05) is 0 Å². The molecule has 0 unspecified atom stereocenters. The molecule has 6 heteroatoms. The van der Waals surface area contributed by atoms with E-state index in [-0.39, 0.29) is 0 Å². The maximum absolute atomic E-state index is 5.85. The van der Waals surface area contributed by atoms with Gasteiger partial charge in [0.2, 0.25) is 5.82 Å². The van der Waals surface area contributed by atoms with E-state index in [1.54, 1.807) is 12.3 Å². The maximum Gasteiger partial charge on any atom is 0.259 e. The number of aromatic nitrogens is 4. The molecule has 1 aromatic carbocycles. The third kappa shape index (κ3) is 3.39. The van der Waals surface area contributed by atoms with Gasteiger partial charge in [0.15, 0.2) is 0 Å². The summed E-state index contributed by atoms with van der Waals surface area (Å²) >= 11 is 5.85. The van der Waals surface area contributed by atoms with Gasteiger partial charge in [-0.05, 0) is 31.5 Å². The predicted molar refractivity (Wildman–Crippen MR) is 101 cm³/mol. The van der Waals surface area contributed by atoms with Crippen molar-refractivity contribution in [1.29, 1.82) is 0 Å². The van der Waals surface area contributed by atoms with E-state index < -0.39 is 0 Å². The molecule has 0 aliphatic carbocycles. The van der Waals surface area contributed by atoms with Gasteiger partial charge in [-0.2, -0.15) is 4.98 Å². The van der Waals surface area contributed by atoms with Gasteiger partial charge in [-0.15, -0.1) is 0 Å². The lowest BCUT2D eigenvalue weighted by atomic mass is 10.1. The summed E-state index contributed by atoms with van der Waals surface area (Å²) in [6.45, 7) is 4.80. The van der Waals surface area contributed by atoms with Crippen LogP contribution >= 0.6 is 11.6 Å². The first-order valence-corrected chi connectivity index (χ1v) is 8.64. The molecule has 130 valence electrons. The van der Waals surface area contributed by atoms with E-state index in [0.717, 1.165) is 22.4 Å². The summed E-state index contributed by atoms with van der Waals surface area (Å²) in [5.74, 6) is 1.10. The van der Waals surface area contributed by atoms with Crippen LogP contribution in [0.1, 0.15) is 16.8 Å². The molecule has 3 heterocycles.